The van der Waals surface area contributed by atoms with Crippen LogP contribution in [0.5, 0.6) is 0 Å². The maximum atomic E-state index is 13.2. The van der Waals surface area contributed by atoms with Crippen molar-refractivity contribution in [2.24, 2.45) is 10.8 Å². The lowest BCUT2D eigenvalue weighted by Gasteiger charge is -2.21. The first-order valence-electron chi connectivity index (χ1n) is 11.2. The molecule has 198 valence electrons. The Morgan fingerprint density at radius 3 is 1.97 bits per heavy atom. The van der Waals surface area contributed by atoms with E-state index in [1.165, 1.54) is 16.8 Å². The highest BCUT2D eigenvalue weighted by molar-refractivity contribution is 7.54. The summed E-state index contributed by atoms with van der Waals surface area (Å²) < 4.78 is 48.4. The number of hydrogen-bond acceptors (Lipinski definition) is 9. The Hall–Kier alpha value is -2.88. The van der Waals surface area contributed by atoms with Crippen LogP contribution in [0, 0.1) is 16.6 Å². The van der Waals surface area contributed by atoms with Crippen LogP contribution in [0.2, 0.25) is 0 Å². The Morgan fingerprint density at radius 2 is 1.47 bits per heavy atom. The minimum Gasteiger partial charge on any atom is -0.438 e. The van der Waals surface area contributed by atoms with E-state index in [-0.39, 0.29) is 12.0 Å². The Bertz CT molecular complexity index is 1070. The van der Waals surface area contributed by atoms with Crippen molar-refractivity contribution in [2.45, 2.75) is 48.1 Å². The fourth-order valence-electron chi connectivity index (χ4n) is 2.42. The van der Waals surface area contributed by atoms with Crippen molar-refractivity contribution in [1.82, 2.24) is 15.0 Å². The molecule has 36 heavy (non-hydrogen) atoms. The summed E-state index contributed by atoms with van der Waals surface area (Å²) >= 11 is 0. The molecule has 0 aliphatic carbocycles. The first-order valence-corrected chi connectivity index (χ1v) is 13.0. The molecular formula is C24H33FN3O7P. The topological polar surface area (TPSA) is 119 Å². The molecular weight excluding hydrogens is 492 g/mol. The van der Waals surface area contributed by atoms with Gasteiger partial charge in [0.1, 0.15) is 11.5 Å². The minimum absolute atomic E-state index is 0.174. The summed E-state index contributed by atoms with van der Waals surface area (Å²) in [6.45, 7) is 9.16. The zero-order chi connectivity index (χ0) is 27.0. The molecule has 0 unspecified atom stereocenters. The van der Waals surface area contributed by atoms with Crippen LogP contribution in [0.1, 0.15) is 41.5 Å². The van der Waals surface area contributed by atoms with E-state index in [1.807, 2.05) is 0 Å². The molecule has 0 aliphatic heterocycles. The van der Waals surface area contributed by atoms with Crippen molar-refractivity contribution < 1.29 is 37.1 Å². The summed E-state index contributed by atoms with van der Waals surface area (Å²) in [6.07, 6.45) is 4.73. The molecule has 0 radical (unpaired) electrons. The van der Waals surface area contributed by atoms with Gasteiger partial charge in [-0.1, -0.05) is 17.4 Å². The van der Waals surface area contributed by atoms with E-state index in [0.717, 1.165) is 0 Å². The molecule has 1 aromatic heterocycles. The molecule has 0 spiro atoms. The SMILES string of the molecule is CC(C)(C)C(=O)OCOP(=O)(C/C=C/Cn1cc(-c2ccc(F)cc2)nn1)OCOC(=O)C(C)(C)C. The first-order chi connectivity index (χ1) is 16.7. The van der Waals surface area contributed by atoms with E-state index in [1.54, 1.807) is 72.0 Å². The number of benzene rings is 1. The lowest BCUT2D eigenvalue weighted by molar-refractivity contribution is -0.161. The van der Waals surface area contributed by atoms with Gasteiger partial charge in [0.05, 0.1) is 29.7 Å². The zero-order valence-corrected chi connectivity index (χ0v) is 22.3. The molecule has 0 amide bonds. The van der Waals surface area contributed by atoms with Gasteiger partial charge in [0.15, 0.2) is 0 Å². The highest BCUT2D eigenvalue weighted by atomic mass is 31.2. The number of carbonyl (C=O) groups excluding carboxylic acids is 2. The molecule has 0 aliphatic rings. The molecule has 1 heterocycles. The van der Waals surface area contributed by atoms with Crippen LogP contribution in [0.15, 0.2) is 42.6 Å². The summed E-state index contributed by atoms with van der Waals surface area (Å²) in [4.78, 5) is 23.9. The van der Waals surface area contributed by atoms with Crippen molar-refractivity contribution in [2.75, 3.05) is 19.7 Å². The summed E-state index contributed by atoms with van der Waals surface area (Å²) in [5.74, 6) is -1.41. The highest BCUT2D eigenvalue weighted by Crippen LogP contribution is 2.48. The van der Waals surface area contributed by atoms with E-state index in [9.17, 15) is 18.5 Å². The van der Waals surface area contributed by atoms with Crippen molar-refractivity contribution in [3.8, 4) is 11.3 Å². The lowest BCUT2D eigenvalue weighted by Crippen LogP contribution is -2.25. The highest BCUT2D eigenvalue weighted by Gasteiger charge is 2.29. The maximum Gasteiger partial charge on any atom is 0.340 e. The van der Waals surface area contributed by atoms with Crippen LogP contribution in [-0.2, 0) is 39.2 Å². The number of rotatable bonds is 11. The average Bonchev–Trinajstić information content (AvgIpc) is 3.25. The van der Waals surface area contributed by atoms with Gasteiger partial charge in [-0.2, -0.15) is 0 Å². The molecule has 2 aromatic rings. The molecule has 0 bridgehead atoms. The molecule has 12 heteroatoms. The lowest BCUT2D eigenvalue weighted by atomic mass is 9.98. The molecule has 2 rings (SSSR count). The van der Waals surface area contributed by atoms with Gasteiger partial charge in [-0.25, -0.2) is 9.07 Å². The van der Waals surface area contributed by atoms with E-state index in [4.69, 9.17) is 18.5 Å². The predicted molar refractivity (Wildman–Crippen MR) is 130 cm³/mol. The Balaban J connectivity index is 1.97. The summed E-state index contributed by atoms with van der Waals surface area (Å²) in [5, 5.41) is 8.06. The second kappa shape index (κ2) is 12.4. The number of hydrogen-bond donors (Lipinski definition) is 0. The third kappa shape index (κ3) is 9.64. The molecule has 1 aromatic carbocycles. The van der Waals surface area contributed by atoms with Gasteiger partial charge in [0, 0.05) is 5.56 Å². The van der Waals surface area contributed by atoms with E-state index >= 15 is 0 Å². The molecule has 10 nitrogen and oxygen atoms in total. The average molecular weight is 526 g/mol. The van der Waals surface area contributed by atoms with Gasteiger partial charge in [-0.05, 0) is 65.8 Å². The second-order valence-electron chi connectivity index (χ2n) is 9.96. The summed E-state index contributed by atoms with van der Waals surface area (Å²) in [5.41, 5.74) is -0.239. The van der Waals surface area contributed by atoms with Crippen LogP contribution >= 0.6 is 7.60 Å². The standard InChI is InChI=1S/C24H33FN3O7P/c1-23(2,3)21(29)32-16-34-36(31,35-17-33-22(30)24(4,5)6)14-8-7-13-28-15-20(26-27-28)18-9-11-19(25)12-10-18/h7-12,15H,13-14,16-17H2,1-6H3/b8-7+. The Kier molecular flexibility index (Phi) is 10.1. The van der Waals surface area contributed by atoms with Gasteiger partial charge >= 0.3 is 19.5 Å². The molecule has 0 saturated carbocycles. The third-order valence-electron chi connectivity index (χ3n) is 4.57. The van der Waals surface area contributed by atoms with Gasteiger partial charge in [-0.3, -0.25) is 23.2 Å². The van der Waals surface area contributed by atoms with Crippen LogP contribution in [-0.4, -0.2) is 46.7 Å². The molecule has 0 atom stereocenters. The smallest absolute Gasteiger partial charge is 0.340 e. The second-order valence-corrected chi connectivity index (χ2v) is 12.1. The number of allylic oxidation sites excluding steroid dienone is 2. The number of aromatic nitrogens is 3. The fraction of sp³-hybridized carbons (Fsp3) is 0.500. The normalized spacial score (nSPS) is 12.6. The van der Waals surface area contributed by atoms with Crippen LogP contribution in [0.3, 0.4) is 0 Å². The Morgan fingerprint density at radius 1 is 0.944 bits per heavy atom. The number of halogens is 1. The van der Waals surface area contributed by atoms with Crippen molar-refractivity contribution in [3.63, 3.8) is 0 Å². The number of nitrogens with zero attached hydrogens (tertiary/aromatic N) is 3. The number of esters is 2. The minimum atomic E-state index is -3.83. The van der Waals surface area contributed by atoms with Gasteiger partial charge < -0.3 is 9.47 Å². The van der Waals surface area contributed by atoms with Crippen LogP contribution in [0.4, 0.5) is 4.39 Å². The van der Waals surface area contributed by atoms with Gasteiger partial charge in [0.25, 0.3) is 0 Å². The quantitative estimate of drug-likeness (QED) is 0.174. The fourth-order valence-corrected chi connectivity index (χ4v) is 3.54. The first kappa shape index (κ1) is 29.4. The number of ether oxygens (including phenoxy) is 2. The molecule has 0 N–H and O–H groups in total. The summed E-state index contributed by atoms with van der Waals surface area (Å²) in [7, 11) is -3.83. The molecule has 0 saturated heterocycles. The van der Waals surface area contributed by atoms with Gasteiger partial charge in [0.2, 0.25) is 13.6 Å². The molecule has 0 fully saturated rings. The van der Waals surface area contributed by atoms with Crippen LogP contribution in [0.25, 0.3) is 11.3 Å². The summed E-state index contributed by atoms with van der Waals surface area (Å²) in [6, 6.07) is 5.87. The monoisotopic (exact) mass is 525 g/mol. The predicted octanol–water partition coefficient (Wildman–Crippen LogP) is 4.96. The Labute approximate surface area is 210 Å². The third-order valence-corrected chi connectivity index (χ3v) is 6.23. The van der Waals surface area contributed by atoms with Gasteiger partial charge in [-0.15, -0.1) is 5.10 Å². The van der Waals surface area contributed by atoms with E-state index in [0.29, 0.717) is 17.8 Å². The van der Waals surface area contributed by atoms with Crippen molar-refractivity contribution >= 4 is 19.5 Å². The van der Waals surface area contributed by atoms with E-state index in [2.05, 4.69) is 10.3 Å². The van der Waals surface area contributed by atoms with Crippen molar-refractivity contribution in [1.29, 1.82) is 0 Å². The number of carbonyl (C=O) groups is 2. The van der Waals surface area contributed by atoms with E-state index < -0.39 is 44.0 Å². The maximum absolute atomic E-state index is 13.2. The zero-order valence-electron chi connectivity index (χ0n) is 21.4. The largest absolute Gasteiger partial charge is 0.438 e. The van der Waals surface area contributed by atoms with Crippen molar-refractivity contribution in [3.05, 3.63) is 48.4 Å². The van der Waals surface area contributed by atoms with Crippen LogP contribution < -0.4 is 0 Å².